The average Bonchev–Trinajstić information content (AvgIpc) is 2.34. The van der Waals surface area contributed by atoms with Crippen LogP contribution in [0.4, 0.5) is 5.69 Å². The number of rotatable bonds is 3. The Balaban J connectivity index is 2.08. The second kappa shape index (κ2) is 6.27. The van der Waals surface area contributed by atoms with Crippen LogP contribution in [-0.2, 0) is 0 Å². The van der Waals surface area contributed by atoms with Crippen molar-refractivity contribution in [2.75, 3.05) is 18.0 Å². The molecule has 0 radical (unpaired) electrons. The molecule has 1 saturated heterocycles. The lowest BCUT2D eigenvalue weighted by Crippen LogP contribution is -2.47. The molecule has 2 nitrogen and oxygen atoms in total. The normalized spacial score (nSPS) is 24.3. The molecule has 2 rings (SSSR count). The summed E-state index contributed by atoms with van der Waals surface area (Å²) in [5.74, 6) is 0. The van der Waals surface area contributed by atoms with E-state index in [-0.39, 0.29) is 0 Å². The van der Waals surface area contributed by atoms with Gasteiger partial charge in [0.25, 0.3) is 0 Å². The van der Waals surface area contributed by atoms with Gasteiger partial charge in [-0.3, -0.25) is 0 Å². The first-order valence-electron chi connectivity index (χ1n) is 6.57. The van der Waals surface area contributed by atoms with Crippen LogP contribution < -0.4 is 10.2 Å². The van der Waals surface area contributed by atoms with Crippen LogP contribution in [0.3, 0.4) is 0 Å². The van der Waals surface area contributed by atoms with Gasteiger partial charge < -0.3 is 10.2 Å². The number of benzene rings is 1. The quantitative estimate of drug-likeness (QED) is 0.898. The van der Waals surface area contributed by atoms with E-state index in [1.54, 1.807) is 0 Å². The highest BCUT2D eigenvalue weighted by molar-refractivity contribution is 9.10. The molecule has 1 N–H and O–H groups in total. The van der Waals surface area contributed by atoms with Crippen LogP contribution in [0.5, 0.6) is 0 Å². The van der Waals surface area contributed by atoms with Crippen LogP contribution in [0.2, 0.25) is 5.02 Å². The highest BCUT2D eigenvalue weighted by Gasteiger charge is 2.25. The second-order valence-electron chi connectivity index (χ2n) is 4.92. The number of halogens is 2. The van der Waals surface area contributed by atoms with Gasteiger partial charge in [0.05, 0.1) is 5.02 Å². The van der Waals surface area contributed by atoms with Crippen LogP contribution in [0.25, 0.3) is 0 Å². The predicted octanol–water partition coefficient (Wildman–Crippen LogP) is 4.07. The molecule has 1 heterocycles. The van der Waals surface area contributed by atoms with E-state index in [1.807, 2.05) is 6.07 Å². The first-order chi connectivity index (χ1) is 8.61. The molecule has 0 bridgehead atoms. The predicted molar refractivity (Wildman–Crippen MR) is 82.7 cm³/mol. The highest BCUT2D eigenvalue weighted by Crippen LogP contribution is 2.31. The van der Waals surface area contributed by atoms with Crippen LogP contribution in [0, 0.1) is 0 Å². The highest BCUT2D eigenvalue weighted by atomic mass is 79.9. The van der Waals surface area contributed by atoms with E-state index in [2.05, 4.69) is 52.1 Å². The van der Waals surface area contributed by atoms with E-state index in [0.717, 1.165) is 22.6 Å². The van der Waals surface area contributed by atoms with Gasteiger partial charge in [-0.1, -0.05) is 18.5 Å². The summed E-state index contributed by atoms with van der Waals surface area (Å²) in [6.45, 7) is 6.61. The van der Waals surface area contributed by atoms with Gasteiger partial charge in [0.2, 0.25) is 0 Å². The minimum absolute atomic E-state index is 0.556. The van der Waals surface area contributed by atoms with Gasteiger partial charge >= 0.3 is 0 Å². The SMILES string of the molecule is CCNC1CCN(c2ccc(Br)c(Cl)c2)C(C)C1. The summed E-state index contributed by atoms with van der Waals surface area (Å²) in [5, 5.41) is 4.33. The lowest BCUT2D eigenvalue weighted by molar-refractivity contribution is 0.374. The van der Waals surface area contributed by atoms with Gasteiger partial charge in [-0.15, -0.1) is 0 Å². The summed E-state index contributed by atoms with van der Waals surface area (Å²) in [4.78, 5) is 2.45. The largest absolute Gasteiger partial charge is 0.369 e. The maximum absolute atomic E-state index is 6.17. The van der Waals surface area contributed by atoms with Crippen molar-refractivity contribution in [3.8, 4) is 0 Å². The van der Waals surface area contributed by atoms with E-state index < -0.39 is 0 Å². The minimum Gasteiger partial charge on any atom is -0.369 e. The molecule has 2 atom stereocenters. The topological polar surface area (TPSA) is 15.3 Å². The fourth-order valence-corrected chi connectivity index (χ4v) is 3.11. The van der Waals surface area contributed by atoms with Crippen LogP contribution in [0.15, 0.2) is 22.7 Å². The van der Waals surface area contributed by atoms with Crippen molar-refractivity contribution in [1.82, 2.24) is 5.32 Å². The van der Waals surface area contributed by atoms with E-state index in [4.69, 9.17) is 11.6 Å². The molecular weight excluding hydrogens is 312 g/mol. The summed E-state index contributed by atoms with van der Waals surface area (Å²) in [6, 6.07) is 7.43. The summed E-state index contributed by atoms with van der Waals surface area (Å²) >= 11 is 9.61. The molecular formula is C14H20BrClN2. The van der Waals surface area contributed by atoms with E-state index in [1.165, 1.54) is 18.5 Å². The summed E-state index contributed by atoms with van der Waals surface area (Å²) < 4.78 is 0.961. The Bertz CT molecular complexity index is 411. The average molecular weight is 332 g/mol. The van der Waals surface area contributed by atoms with Gasteiger partial charge in [0.15, 0.2) is 0 Å². The lowest BCUT2D eigenvalue weighted by Gasteiger charge is -2.39. The number of nitrogens with one attached hydrogen (secondary N) is 1. The van der Waals surface area contributed by atoms with E-state index in [9.17, 15) is 0 Å². The third-order valence-electron chi connectivity index (χ3n) is 3.60. The first kappa shape index (κ1) is 14.2. The molecule has 18 heavy (non-hydrogen) atoms. The van der Waals surface area contributed by atoms with Crippen molar-refractivity contribution in [1.29, 1.82) is 0 Å². The molecule has 100 valence electrons. The van der Waals surface area contributed by atoms with Crippen molar-refractivity contribution in [3.05, 3.63) is 27.7 Å². The van der Waals surface area contributed by atoms with Crippen molar-refractivity contribution in [2.45, 2.75) is 38.8 Å². The molecule has 0 aliphatic carbocycles. The Morgan fingerprint density at radius 3 is 2.89 bits per heavy atom. The fourth-order valence-electron chi connectivity index (χ4n) is 2.69. The lowest BCUT2D eigenvalue weighted by atomic mass is 9.97. The third-order valence-corrected chi connectivity index (χ3v) is 4.84. The smallest absolute Gasteiger partial charge is 0.0568 e. The summed E-state index contributed by atoms with van der Waals surface area (Å²) in [5.41, 5.74) is 1.23. The van der Waals surface area contributed by atoms with Crippen molar-refractivity contribution >= 4 is 33.2 Å². The Morgan fingerprint density at radius 2 is 2.28 bits per heavy atom. The number of piperidine rings is 1. The van der Waals surface area contributed by atoms with E-state index >= 15 is 0 Å². The van der Waals surface area contributed by atoms with Crippen molar-refractivity contribution < 1.29 is 0 Å². The zero-order valence-electron chi connectivity index (χ0n) is 10.9. The molecule has 4 heteroatoms. The zero-order chi connectivity index (χ0) is 13.1. The molecule has 1 aliphatic heterocycles. The molecule has 0 aromatic heterocycles. The fraction of sp³-hybridized carbons (Fsp3) is 0.571. The molecule has 0 saturated carbocycles. The molecule has 2 unspecified atom stereocenters. The number of hydrogen-bond donors (Lipinski definition) is 1. The maximum Gasteiger partial charge on any atom is 0.0568 e. The molecule has 0 amide bonds. The molecule has 1 aromatic carbocycles. The van der Waals surface area contributed by atoms with Gasteiger partial charge in [-0.05, 0) is 60.4 Å². The summed E-state index contributed by atoms with van der Waals surface area (Å²) in [6.07, 6.45) is 2.40. The second-order valence-corrected chi connectivity index (χ2v) is 6.18. The minimum atomic E-state index is 0.556. The molecule has 1 fully saturated rings. The van der Waals surface area contributed by atoms with Gasteiger partial charge in [0.1, 0.15) is 0 Å². The first-order valence-corrected chi connectivity index (χ1v) is 7.74. The maximum atomic E-state index is 6.17. The summed E-state index contributed by atoms with van der Waals surface area (Å²) in [7, 11) is 0. The Hall–Kier alpha value is -0.250. The Labute approximate surface area is 123 Å². The molecule has 1 aromatic rings. The Kier molecular flexibility index (Phi) is 4.93. The number of hydrogen-bond acceptors (Lipinski definition) is 2. The van der Waals surface area contributed by atoms with Gasteiger partial charge in [-0.2, -0.15) is 0 Å². The number of anilines is 1. The van der Waals surface area contributed by atoms with Crippen LogP contribution >= 0.6 is 27.5 Å². The third kappa shape index (κ3) is 3.19. The monoisotopic (exact) mass is 330 g/mol. The zero-order valence-corrected chi connectivity index (χ0v) is 13.3. The standard InChI is InChI=1S/C14H20BrClN2/c1-3-17-11-6-7-18(10(2)8-11)12-4-5-13(15)14(16)9-12/h4-5,9-11,17H,3,6-8H2,1-2H3. The van der Waals surface area contributed by atoms with Crippen molar-refractivity contribution in [3.63, 3.8) is 0 Å². The molecule has 1 aliphatic rings. The Morgan fingerprint density at radius 1 is 1.50 bits per heavy atom. The van der Waals surface area contributed by atoms with Gasteiger partial charge in [-0.25, -0.2) is 0 Å². The number of nitrogens with zero attached hydrogens (tertiary/aromatic N) is 1. The molecule has 0 spiro atoms. The van der Waals surface area contributed by atoms with Crippen LogP contribution in [-0.4, -0.2) is 25.2 Å². The van der Waals surface area contributed by atoms with Gasteiger partial charge in [0, 0.05) is 28.8 Å². The van der Waals surface area contributed by atoms with Crippen molar-refractivity contribution in [2.24, 2.45) is 0 Å². The van der Waals surface area contributed by atoms with Crippen LogP contribution in [0.1, 0.15) is 26.7 Å². The van der Waals surface area contributed by atoms with E-state index in [0.29, 0.717) is 12.1 Å².